The Labute approximate surface area is 279 Å². The zero-order valence-electron chi connectivity index (χ0n) is 26.2. The summed E-state index contributed by atoms with van der Waals surface area (Å²) in [4.78, 5) is 51.2. The third kappa shape index (κ3) is 12.4. The molecule has 10 nitrogen and oxygen atoms in total. The molecule has 0 saturated carbocycles. The van der Waals surface area contributed by atoms with Gasteiger partial charge in [0, 0.05) is 20.1 Å². The average Bonchev–Trinajstić information content (AvgIpc) is 3.02. The maximum atomic E-state index is 13.1. The number of alkyl halides is 3. The predicted molar refractivity (Wildman–Crippen MR) is 179 cm³/mol. The Balaban J connectivity index is 0.00000345. The van der Waals surface area contributed by atoms with E-state index in [-0.39, 0.29) is 18.2 Å². The maximum absolute atomic E-state index is 13.1. The number of hydrogen-bond acceptors (Lipinski definition) is 7. The van der Waals surface area contributed by atoms with Crippen molar-refractivity contribution in [1.82, 2.24) is 21.1 Å². The number of hydrogen-bond donors (Lipinski definition) is 4. The van der Waals surface area contributed by atoms with E-state index in [0.29, 0.717) is 19.4 Å². The van der Waals surface area contributed by atoms with Crippen LogP contribution in [-0.2, 0) is 30.3 Å². The molecule has 0 radical (unpaired) electrons. The molecule has 248 valence electrons. The minimum absolute atomic E-state index is 0.0888. The van der Waals surface area contributed by atoms with Crippen LogP contribution in [0, 0.1) is 5.92 Å². The second kappa shape index (κ2) is 18.3. The number of nitrogens with one attached hydrogen (secondary N) is 3. The summed E-state index contributed by atoms with van der Waals surface area (Å²) in [5.41, 5.74) is 5.07. The number of halogens is 3. The van der Waals surface area contributed by atoms with Crippen molar-refractivity contribution in [2.45, 2.75) is 75.3 Å². The van der Waals surface area contributed by atoms with Gasteiger partial charge in [-0.1, -0.05) is 98.1 Å². The first-order valence-electron chi connectivity index (χ1n) is 14.8. The molecule has 3 atom stereocenters. The van der Waals surface area contributed by atoms with Crippen molar-refractivity contribution in [3.63, 3.8) is 0 Å². The van der Waals surface area contributed by atoms with E-state index >= 15 is 0 Å². The van der Waals surface area contributed by atoms with Crippen molar-refractivity contribution in [3.05, 3.63) is 53.6 Å². The van der Waals surface area contributed by atoms with E-state index in [0.717, 1.165) is 29.9 Å². The SMILES string of the molecule is CCc1ccc2ccc(/C=C/CC(=O)NC(C(=O)NC(C)C(=O)N3CCCC(C(=O)OCC(Cl)(Cl)Cl)N3)C(C)C)cc2c1.CO. The Hall–Kier alpha value is -2.89. The third-order valence-corrected chi connectivity index (χ3v) is 7.39. The average molecular weight is 686 g/mol. The van der Waals surface area contributed by atoms with E-state index in [1.807, 2.05) is 32.1 Å². The molecule has 3 rings (SSSR count). The summed E-state index contributed by atoms with van der Waals surface area (Å²) in [6.45, 7) is 7.20. The van der Waals surface area contributed by atoms with Gasteiger partial charge in [-0.15, -0.1) is 0 Å². The molecule has 0 bridgehead atoms. The van der Waals surface area contributed by atoms with Crippen LogP contribution in [0.25, 0.3) is 16.8 Å². The van der Waals surface area contributed by atoms with Crippen molar-refractivity contribution in [1.29, 1.82) is 0 Å². The van der Waals surface area contributed by atoms with Crippen molar-refractivity contribution >= 4 is 75.3 Å². The largest absolute Gasteiger partial charge is 0.460 e. The fourth-order valence-corrected chi connectivity index (χ4v) is 4.84. The molecule has 45 heavy (non-hydrogen) atoms. The van der Waals surface area contributed by atoms with Crippen LogP contribution in [0.2, 0.25) is 0 Å². The number of esters is 1. The van der Waals surface area contributed by atoms with Gasteiger partial charge in [-0.3, -0.25) is 24.2 Å². The van der Waals surface area contributed by atoms with Crippen molar-refractivity contribution in [2.24, 2.45) is 5.92 Å². The van der Waals surface area contributed by atoms with E-state index in [4.69, 9.17) is 44.6 Å². The Morgan fingerprint density at radius 3 is 2.40 bits per heavy atom. The van der Waals surface area contributed by atoms with E-state index in [2.05, 4.69) is 47.2 Å². The first kappa shape index (κ1) is 38.3. The van der Waals surface area contributed by atoms with Crippen LogP contribution in [0.5, 0.6) is 0 Å². The van der Waals surface area contributed by atoms with Crippen molar-refractivity contribution in [3.8, 4) is 0 Å². The first-order valence-corrected chi connectivity index (χ1v) is 16.0. The lowest BCUT2D eigenvalue weighted by Gasteiger charge is -2.34. The maximum Gasteiger partial charge on any atom is 0.325 e. The van der Waals surface area contributed by atoms with Crippen LogP contribution in [0.15, 0.2) is 42.5 Å². The van der Waals surface area contributed by atoms with Gasteiger partial charge < -0.3 is 20.5 Å². The van der Waals surface area contributed by atoms with Gasteiger partial charge in [0.25, 0.3) is 5.91 Å². The number of rotatable bonds is 11. The lowest BCUT2D eigenvalue weighted by atomic mass is 10.0. The Kier molecular flexibility index (Phi) is 15.6. The lowest BCUT2D eigenvalue weighted by molar-refractivity contribution is -0.152. The molecule has 0 aromatic heterocycles. The summed E-state index contributed by atoms with van der Waals surface area (Å²) in [5, 5.41) is 16.0. The molecular formula is C32H43Cl3N4O6. The number of carbonyl (C=O) groups excluding carboxylic acids is 4. The minimum atomic E-state index is -1.74. The summed E-state index contributed by atoms with van der Waals surface area (Å²) < 4.78 is 3.28. The quantitative estimate of drug-likeness (QED) is 0.202. The second-order valence-corrected chi connectivity index (χ2v) is 13.5. The number of aliphatic hydroxyl groups excluding tert-OH is 1. The summed E-state index contributed by atoms with van der Waals surface area (Å²) in [6, 6.07) is 9.96. The molecule has 4 N–H and O–H groups in total. The highest BCUT2D eigenvalue weighted by atomic mass is 35.6. The number of nitrogens with zero attached hydrogens (tertiary/aromatic N) is 1. The fraction of sp³-hybridized carbons (Fsp3) is 0.500. The zero-order chi connectivity index (χ0) is 33.7. The molecule has 1 fully saturated rings. The van der Waals surface area contributed by atoms with Crippen LogP contribution in [0.1, 0.15) is 58.1 Å². The molecule has 1 saturated heterocycles. The van der Waals surface area contributed by atoms with Crippen molar-refractivity contribution < 1.29 is 29.0 Å². The number of aryl methyl sites for hydroxylation is 1. The van der Waals surface area contributed by atoms with Crippen LogP contribution < -0.4 is 16.1 Å². The standard InChI is InChI=1S/C31H39Cl3N4O5.CH4O/c1-5-21-11-13-23-14-12-22(17-24(23)16-21)8-6-10-26(39)36-27(19(2)3)28(40)35-20(4)29(41)38-15-7-9-25(37-38)30(42)43-18-31(32,33)34;1-2/h6,8,11-14,16-17,19-20,25,27,37H,5,7,9-10,15,18H2,1-4H3,(H,35,40)(H,36,39);2H,1H3/b8-6+;. The monoisotopic (exact) mass is 684 g/mol. The van der Waals surface area contributed by atoms with E-state index < -0.39 is 46.3 Å². The predicted octanol–water partition coefficient (Wildman–Crippen LogP) is 4.47. The molecule has 2 aromatic rings. The number of hydrazine groups is 1. The molecule has 3 unspecified atom stereocenters. The third-order valence-electron chi connectivity index (χ3n) is 7.06. The fourth-order valence-electron chi connectivity index (χ4n) is 4.67. The first-order chi connectivity index (χ1) is 21.3. The lowest BCUT2D eigenvalue weighted by Crippen LogP contribution is -2.61. The Morgan fingerprint density at radius 1 is 1.07 bits per heavy atom. The molecule has 2 aromatic carbocycles. The van der Waals surface area contributed by atoms with Gasteiger partial charge in [0.1, 0.15) is 24.7 Å². The Morgan fingerprint density at radius 2 is 1.76 bits per heavy atom. The summed E-state index contributed by atoms with van der Waals surface area (Å²) in [6.07, 6.45) is 5.66. The number of ether oxygens (including phenoxy) is 1. The van der Waals surface area contributed by atoms with E-state index in [1.165, 1.54) is 10.6 Å². The van der Waals surface area contributed by atoms with Gasteiger partial charge in [-0.2, -0.15) is 0 Å². The minimum Gasteiger partial charge on any atom is -0.460 e. The highest BCUT2D eigenvalue weighted by molar-refractivity contribution is 6.67. The van der Waals surface area contributed by atoms with Gasteiger partial charge in [-0.05, 0) is 60.1 Å². The number of carbonyl (C=O) groups is 4. The number of benzene rings is 2. The highest BCUT2D eigenvalue weighted by Gasteiger charge is 2.34. The number of aliphatic hydroxyl groups is 1. The van der Waals surface area contributed by atoms with E-state index in [1.54, 1.807) is 13.0 Å². The van der Waals surface area contributed by atoms with Crippen LogP contribution in [0.4, 0.5) is 0 Å². The van der Waals surface area contributed by atoms with Gasteiger partial charge >= 0.3 is 5.97 Å². The second-order valence-electron chi connectivity index (χ2n) is 11.0. The molecule has 1 aliphatic heterocycles. The van der Waals surface area contributed by atoms with Gasteiger partial charge in [0.05, 0.1) is 0 Å². The van der Waals surface area contributed by atoms with Crippen molar-refractivity contribution in [2.75, 3.05) is 20.3 Å². The molecule has 13 heteroatoms. The number of amides is 3. The summed E-state index contributed by atoms with van der Waals surface area (Å²) >= 11 is 16.9. The topological polar surface area (TPSA) is 137 Å². The van der Waals surface area contributed by atoms with E-state index in [9.17, 15) is 19.2 Å². The smallest absolute Gasteiger partial charge is 0.325 e. The summed E-state index contributed by atoms with van der Waals surface area (Å²) in [7, 11) is 1.00. The molecule has 0 spiro atoms. The Bertz CT molecular complexity index is 1350. The zero-order valence-corrected chi connectivity index (χ0v) is 28.5. The molecule has 3 amide bonds. The van der Waals surface area contributed by atoms with Crippen LogP contribution in [0.3, 0.4) is 0 Å². The molecule has 1 aliphatic rings. The van der Waals surface area contributed by atoms with Gasteiger partial charge in [0.2, 0.25) is 15.6 Å². The van der Waals surface area contributed by atoms with Gasteiger partial charge in [0.15, 0.2) is 0 Å². The summed E-state index contributed by atoms with van der Waals surface area (Å²) in [5.74, 6) is -2.11. The van der Waals surface area contributed by atoms with Crippen LogP contribution >= 0.6 is 34.8 Å². The normalized spacial score (nSPS) is 16.5. The molecule has 1 heterocycles. The molecular weight excluding hydrogens is 643 g/mol. The number of fused-ring (bicyclic) bond motifs is 1. The van der Waals surface area contributed by atoms with Gasteiger partial charge in [-0.25, -0.2) is 5.43 Å². The van der Waals surface area contributed by atoms with Crippen LogP contribution in [-0.4, -0.2) is 76.0 Å². The highest BCUT2D eigenvalue weighted by Crippen LogP contribution is 2.26. The molecule has 0 aliphatic carbocycles.